The maximum Gasteiger partial charge on any atom is 0.136 e. The third-order valence-electron chi connectivity index (χ3n) is 3.74. The van der Waals surface area contributed by atoms with Crippen molar-refractivity contribution in [3.63, 3.8) is 0 Å². The summed E-state index contributed by atoms with van der Waals surface area (Å²) >= 11 is 0. The molecule has 1 fully saturated rings. The molecule has 1 saturated heterocycles. The minimum absolute atomic E-state index is 0.145. The van der Waals surface area contributed by atoms with E-state index in [1.807, 2.05) is 18.2 Å². The fraction of sp³-hybridized carbons (Fsp3) is 0.533. The summed E-state index contributed by atoms with van der Waals surface area (Å²) < 4.78 is 5.19. The van der Waals surface area contributed by atoms with E-state index in [9.17, 15) is 5.26 Å². The van der Waals surface area contributed by atoms with Crippen LogP contribution in [0.1, 0.15) is 36.9 Å². The molecule has 2 unspecified atom stereocenters. The Hall–Kier alpha value is -1.57. The number of rotatable bonds is 4. The summed E-state index contributed by atoms with van der Waals surface area (Å²) in [6.07, 6.45) is 2.13. The first-order chi connectivity index (χ1) is 9.21. The molecule has 4 nitrogen and oxygen atoms in total. The van der Waals surface area contributed by atoms with Crippen molar-refractivity contribution in [1.29, 1.82) is 5.26 Å². The first-order valence-electron chi connectivity index (χ1n) is 6.79. The predicted molar refractivity (Wildman–Crippen MR) is 74.9 cm³/mol. The Labute approximate surface area is 114 Å². The fourth-order valence-electron chi connectivity index (χ4n) is 2.88. The Bertz CT molecular complexity index is 479. The molecule has 0 bridgehead atoms. The fourth-order valence-corrected chi connectivity index (χ4v) is 2.88. The van der Waals surface area contributed by atoms with E-state index < -0.39 is 0 Å². The van der Waals surface area contributed by atoms with Crippen LogP contribution in [-0.2, 0) is 0 Å². The van der Waals surface area contributed by atoms with Gasteiger partial charge in [0.25, 0.3) is 0 Å². The molecule has 102 valence electrons. The molecule has 1 aromatic rings. The molecule has 2 atom stereocenters. The van der Waals surface area contributed by atoms with Crippen LogP contribution in [0, 0.1) is 11.3 Å². The zero-order valence-electron chi connectivity index (χ0n) is 11.6. The molecule has 1 aromatic carbocycles. The van der Waals surface area contributed by atoms with E-state index in [1.165, 1.54) is 0 Å². The number of nitriles is 1. The molecule has 0 aromatic heterocycles. The van der Waals surface area contributed by atoms with Gasteiger partial charge in [-0.15, -0.1) is 0 Å². The van der Waals surface area contributed by atoms with Crippen molar-refractivity contribution in [2.45, 2.75) is 31.8 Å². The van der Waals surface area contributed by atoms with Crippen molar-refractivity contribution in [1.82, 2.24) is 4.90 Å². The van der Waals surface area contributed by atoms with E-state index in [2.05, 4.69) is 17.9 Å². The summed E-state index contributed by atoms with van der Waals surface area (Å²) in [5.41, 5.74) is 7.94. The van der Waals surface area contributed by atoms with E-state index in [-0.39, 0.29) is 12.1 Å². The molecule has 19 heavy (non-hydrogen) atoms. The number of nitrogens with zero attached hydrogens (tertiary/aromatic N) is 2. The molecule has 1 aliphatic heterocycles. The maximum atomic E-state index is 9.18. The molecule has 2 rings (SSSR count). The zero-order chi connectivity index (χ0) is 13.8. The summed E-state index contributed by atoms with van der Waals surface area (Å²) in [6, 6.07) is 8.36. The van der Waals surface area contributed by atoms with Crippen LogP contribution in [0.4, 0.5) is 0 Å². The first kappa shape index (κ1) is 13.9. The highest BCUT2D eigenvalue weighted by molar-refractivity contribution is 5.46. The highest BCUT2D eigenvalue weighted by atomic mass is 16.5. The zero-order valence-corrected chi connectivity index (χ0v) is 11.6. The number of methoxy groups -OCH3 is 1. The van der Waals surface area contributed by atoms with Crippen molar-refractivity contribution in [2.24, 2.45) is 5.73 Å². The molecular weight excluding hydrogens is 238 g/mol. The standard InChI is InChI=1S/C15H21N3O/c1-3-7-18-8-6-13(17)15(18)11-4-5-14(19-2)12(9-11)10-16/h4-5,9,13,15H,3,6-8,17H2,1-2H3. The maximum absolute atomic E-state index is 9.18. The Morgan fingerprint density at radius 1 is 1.53 bits per heavy atom. The molecular formula is C15H21N3O. The third-order valence-corrected chi connectivity index (χ3v) is 3.74. The normalized spacial score (nSPS) is 23.3. The van der Waals surface area contributed by atoms with Gasteiger partial charge in [0.05, 0.1) is 12.7 Å². The van der Waals surface area contributed by atoms with Gasteiger partial charge in [0.2, 0.25) is 0 Å². The van der Waals surface area contributed by atoms with Gasteiger partial charge < -0.3 is 10.5 Å². The van der Waals surface area contributed by atoms with Crippen LogP contribution in [0.25, 0.3) is 0 Å². The molecule has 1 aliphatic rings. The lowest BCUT2D eigenvalue weighted by Gasteiger charge is -2.27. The average molecular weight is 259 g/mol. The summed E-state index contributed by atoms with van der Waals surface area (Å²) in [5.74, 6) is 0.625. The van der Waals surface area contributed by atoms with Crippen molar-refractivity contribution < 1.29 is 4.74 Å². The quantitative estimate of drug-likeness (QED) is 0.899. The second-order valence-electron chi connectivity index (χ2n) is 5.00. The topological polar surface area (TPSA) is 62.3 Å². The lowest BCUT2D eigenvalue weighted by atomic mass is 9.98. The second-order valence-corrected chi connectivity index (χ2v) is 5.00. The monoisotopic (exact) mass is 259 g/mol. The lowest BCUT2D eigenvalue weighted by Crippen LogP contribution is -2.32. The SMILES string of the molecule is CCCN1CCC(N)C1c1ccc(OC)c(C#N)c1. The van der Waals surface area contributed by atoms with Crippen LogP contribution in [-0.4, -0.2) is 31.1 Å². The molecule has 0 radical (unpaired) electrons. The molecule has 0 amide bonds. The Kier molecular flexibility index (Phi) is 4.41. The van der Waals surface area contributed by atoms with Gasteiger partial charge in [-0.25, -0.2) is 0 Å². The summed E-state index contributed by atoms with van der Waals surface area (Å²) in [5, 5.41) is 9.18. The molecule has 1 heterocycles. The second kappa shape index (κ2) is 6.05. The minimum atomic E-state index is 0.145. The Balaban J connectivity index is 2.32. The van der Waals surface area contributed by atoms with Gasteiger partial charge in [-0.1, -0.05) is 13.0 Å². The summed E-state index contributed by atoms with van der Waals surface area (Å²) in [6.45, 7) is 4.26. The van der Waals surface area contributed by atoms with E-state index in [0.717, 1.165) is 31.5 Å². The van der Waals surface area contributed by atoms with E-state index >= 15 is 0 Å². The number of hydrogen-bond acceptors (Lipinski definition) is 4. The Morgan fingerprint density at radius 3 is 2.95 bits per heavy atom. The van der Waals surface area contributed by atoms with Gasteiger partial charge in [-0.3, -0.25) is 4.90 Å². The minimum Gasteiger partial charge on any atom is -0.495 e. The van der Waals surface area contributed by atoms with Crippen LogP contribution >= 0.6 is 0 Å². The number of likely N-dealkylation sites (tertiary alicyclic amines) is 1. The van der Waals surface area contributed by atoms with Crippen molar-refractivity contribution >= 4 is 0 Å². The first-order valence-corrected chi connectivity index (χ1v) is 6.79. The summed E-state index contributed by atoms with van der Waals surface area (Å²) in [4.78, 5) is 2.41. The van der Waals surface area contributed by atoms with Gasteiger partial charge >= 0.3 is 0 Å². The number of benzene rings is 1. The van der Waals surface area contributed by atoms with E-state index in [0.29, 0.717) is 11.3 Å². The van der Waals surface area contributed by atoms with Crippen LogP contribution in [0.3, 0.4) is 0 Å². The highest BCUT2D eigenvalue weighted by Crippen LogP contribution is 2.33. The highest BCUT2D eigenvalue weighted by Gasteiger charge is 2.32. The van der Waals surface area contributed by atoms with E-state index in [4.69, 9.17) is 10.5 Å². The van der Waals surface area contributed by atoms with Crippen LogP contribution in [0.5, 0.6) is 5.75 Å². The van der Waals surface area contributed by atoms with Crippen molar-refractivity contribution in [2.75, 3.05) is 20.2 Å². The van der Waals surface area contributed by atoms with Crippen LogP contribution < -0.4 is 10.5 Å². The van der Waals surface area contributed by atoms with Gasteiger partial charge in [-0.2, -0.15) is 5.26 Å². The molecule has 4 heteroatoms. The number of ether oxygens (including phenoxy) is 1. The summed E-state index contributed by atoms with van der Waals surface area (Å²) in [7, 11) is 1.58. The number of hydrogen-bond donors (Lipinski definition) is 1. The lowest BCUT2D eigenvalue weighted by molar-refractivity contribution is 0.248. The van der Waals surface area contributed by atoms with Crippen molar-refractivity contribution in [3.8, 4) is 11.8 Å². The average Bonchev–Trinajstić information content (AvgIpc) is 2.79. The van der Waals surface area contributed by atoms with Gasteiger partial charge in [0, 0.05) is 18.6 Å². The van der Waals surface area contributed by atoms with Crippen LogP contribution in [0.2, 0.25) is 0 Å². The molecule has 0 aliphatic carbocycles. The Morgan fingerprint density at radius 2 is 2.32 bits per heavy atom. The third kappa shape index (κ3) is 2.73. The van der Waals surface area contributed by atoms with Crippen molar-refractivity contribution in [3.05, 3.63) is 29.3 Å². The smallest absolute Gasteiger partial charge is 0.136 e. The molecule has 2 N–H and O–H groups in total. The van der Waals surface area contributed by atoms with Gasteiger partial charge in [0.15, 0.2) is 0 Å². The largest absolute Gasteiger partial charge is 0.495 e. The number of nitrogens with two attached hydrogens (primary N) is 1. The predicted octanol–water partition coefficient (Wildman–Crippen LogP) is 2.05. The molecule has 0 saturated carbocycles. The van der Waals surface area contributed by atoms with Gasteiger partial charge in [0.1, 0.15) is 11.8 Å². The molecule has 0 spiro atoms. The van der Waals surface area contributed by atoms with E-state index in [1.54, 1.807) is 7.11 Å². The van der Waals surface area contributed by atoms with Gasteiger partial charge in [-0.05, 0) is 37.1 Å². The van der Waals surface area contributed by atoms with Crippen LogP contribution in [0.15, 0.2) is 18.2 Å².